The molecule has 2 amide bonds. The number of hydrogen-bond donors (Lipinski definition) is 1. The minimum absolute atomic E-state index is 0.00244. The Kier molecular flexibility index (Phi) is 7.91. The second-order valence-corrected chi connectivity index (χ2v) is 8.91. The lowest BCUT2D eigenvalue weighted by atomic mass is 9.94. The largest absolute Gasteiger partial charge is 0.351 e. The number of rotatable bonds is 7. The second kappa shape index (κ2) is 11.3. The first-order valence-corrected chi connectivity index (χ1v) is 11.9. The molecule has 0 saturated heterocycles. The summed E-state index contributed by atoms with van der Waals surface area (Å²) in [6.45, 7) is 0.0200. The molecule has 0 unspecified atom stereocenters. The molecule has 1 aliphatic rings. The number of nitrogens with one attached hydrogen (secondary N) is 1. The van der Waals surface area contributed by atoms with Gasteiger partial charge in [-0.05, 0) is 42.7 Å². The van der Waals surface area contributed by atoms with Crippen LogP contribution in [0.4, 0.5) is 4.39 Å². The number of aromatic nitrogens is 1. The number of carbonyl (C=O) groups is 2. The van der Waals surface area contributed by atoms with Crippen molar-refractivity contribution in [2.45, 2.75) is 50.7 Å². The molecule has 0 bridgehead atoms. The minimum Gasteiger partial charge on any atom is -0.351 e. The van der Waals surface area contributed by atoms with Crippen LogP contribution < -0.4 is 5.32 Å². The van der Waals surface area contributed by atoms with Gasteiger partial charge in [-0.15, -0.1) is 0 Å². The summed E-state index contributed by atoms with van der Waals surface area (Å²) in [6, 6.07) is 17.0. The third-order valence-electron chi connectivity index (χ3n) is 6.15. The highest BCUT2D eigenvalue weighted by Crippen LogP contribution is 2.30. The summed E-state index contributed by atoms with van der Waals surface area (Å²) in [5.74, 6) is -1.44. The highest BCUT2D eigenvalue weighted by molar-refractivity contribution is 6.31. The zero-order chi connectivity index (χ0) is 23.9. The van der Waals surface area contributed by atoms with E-state index in [0.29, 0.717) is 10.6 Å². The Morgan fingerprint density at radius 1 is 1.00 bits per heavy atom. The number of pyridine rings is 1. The number of halogens is 2. The average molecular weight is 480 g/mol. The molecule has 0 radical (unpaired) electrons. The van der Waals surface area contributed by atoms with Crippen molar-refractivity contribution in [2.24, 2.45) is 0 Å². The zero-order valence-electron chi connectivity index (χ0n) is 18.8. The van der Waals surface area contributed by atoms with Crippen molar-refractivity contribution >= 4 is 23.4 Å². The predicted molar refractivity (Wildman–Crippen MR) is 130 cm³/mol. The van der Waals surface area contributed by atoms with Crippen LogP contribution in [-0.2, 0) is 11.3 Å². The van der Waals surface area contributed by atoms with Gasteiger partial charge in [-0.25, -0.2) is 4.39 Å². The van der Waals surface area contributed by atoms with E-state index < -0.39 is 23.7 Å². The fourth-order valence-electron chi connectivity index (χ4n) is 4.40. The third-order valence-corrected chi connectivity index (χ3v) is 6.52. The molecule has 1 saturated carbocycles. The molecule has 0 aliphatic heterocycles. The lowest BCUT2D eigenvalue weighted by Gasteiger charge is -2.33. The van der Waals surface area contributed by atoms with E-state index in [1.54, 1.807) is 54.6 Å². The van der Waals surface area contributed by atoms with E-state index in [9.17, 15) is 9.59 Å². The second-order valence-electron chi connectivity index (χ2n) is 8.51. The molecule has 176 valence electrons. The Labute approximate surface area is 204 Å². The predicted octanol–water partition coefficient (Wildman–Crippen LogP) is 5.71. The molecular weight excluding hydrogens is 453 g/mol. The molecule has 1 aromatic heterocycles. The van der Waals surface area contributed by atoms with Gasteiger partial charge in [0.1, 0.15) is 17.6 Å². The van der Waals surface area contributed by atoms with Gasteiger partial charge >= 0.3 is 0 Å². The smallest absolute Gasteiger partial charge is 0.273 e. The van der Waals surface area contributed by atoms with Crippen LogP contribution in [0.1, 0.15) is 59.8 Å². The van der Waals surface area contributed by atoms with Crippen molar-refractivity contribution in [1.29, 1.82) is 0 Å². The monoisotopic (exact) mass is 479 g/mol. The average Bonchev–Trinajstić information content (AvgIpc) is 2.86. The summed E-state index contributed by atoms with van der Waals surface area (Å²) in [5.41, 5.74) is 0.953. The lowest BCUT2D eigenvalue weighted by molar-refractivity contribution is -0.127. The van der Waals surface area contributed by atoms with E-state index in [4.69, 9.17) is 11.6 Å². The Hall–Kier alpha value is -3.25. The zero-order valence-corrected chi connectivity index (χ0v) is 19.5. The molecule has 1 fully saturated rings. The standard InChI is InChI=1S/C27H27ClFN3O2/c28-22-14-6-4-10-19(22)18-32(27(34)24-16-8-9-17-30-24)25(21-13-5-7-15-23(21)29)26(33)31-20-11-2-1-3-12-20/h4-10,13-17,20,25H,1-3,11-12,18H2,(H,31,33)/t25-/m1/s1. The topological polar surface area (TPSA) is 62.3 Å². The lowest BCUT2D eigenvalue weighted by Crippen LogP contribution is -2.47. The maximum Gasteiger partial charge on any atom is 0.273 e. The van der Waals surface area contributed by atoms with Crippen molar-refractivity contribution in [1.82, 2.24) is 15.2 Å². The molecule has 34 heavy (non-hydrogen) atoms. The summed E-state index contributed by atoms with van der Waals surface area (Å²) in [4.78, 5) is 32.9. The van der Waals surface area contributed by atoms with E-state index in [0.717, 1.165) is 32.1 Å². The van der Waals surface area contributed by atoms with Crippen LogP contribution in [0.5, 0.6) is 0 Å². The van der Waals surface area contributed by atoms with Crippen LogP contribution in [0.2, 0.25) is 5.02 Å². The number of amides is 2. The van der Waals surface area contributed by atoms with Gasteiger partial charge < -0.3 is 10.2 Å². The molecule has 4 rings (SSSR count). The van der Waals surface area contributed by atoms with Gasteiger partial charge in [0, 0.05) is 29.4 Å². The molecule has 5 nitrogen and oxygen atoms in total. The Morgan fingerprint density at radius 2 is 1.71 bits per heavy atom. The normalized spacial score (nSPS) is 14.9. The first-order valence-electron chi connectivity index (χ1n) is 11.5. The van der Waals surface area contributed by atoms with E-state index in [1.165, 1.54) is 17.2 Å². The highest BCUT2D eigenvalue weighted by atomic mass is 35.5. The van der Waals surface area contributed by atoms with Crippen LogP contribution in [0.25, 0.3) is 0 Å². The summed E-state index contributed by atoms with van der Waals surface area (Å²) in [7, 11) is 0. The Balaban J connectivity index is 1.77. The van der Waals surface area contributed by atoms with E-state index in [1.807, 2.05) is 6.07 Å². The molecule has 1 aliphatic carbocycles. The third kappa shape index (κ3) is 5.62. The summed E-state index contributed by atoms with van der Waals surface area (Å²) in [6.07, 6.45) is 6.46. The van der Waals surface area contributed by atoms with Crippen molar-refractivity contribution in [2.75, 3.05) is 0 Å². The number of benzene rings is 2. The van der Waals surface area contributed by atoms with Gasteiger partial charge in [-0.2, -0.15) is 0 Å². The van der Waals surface area contributed by atoms with Crippen LogP contribution in [0.3, 0.4) is 0 Å². The van der Waals surface area contributed by atoms with Gasteiger partial charge in [0.2, 0.25) is 5.91 Å². The van der Waals surface area contributed by atoms with Crippen LogP contribution in [0.15, 0.2) is 72.9 Å². The van der Waals surface area contributed by atoms with Crippen molar-refractivity contribution in [3.63, 3.8) is 0 Å². The van der Waals surface area contributed by atoms with Gasteiger partial charge in [0.25, 0.3) is 5.91 Å². The molecule has 3 aromatic rings. The number of hydrogen-bond acceptors (Lipinski definition) is 3. The molecule has 1 N–H and O–H groups in total. The van der Waals surface area contributed by atoms with E-state index in [2.05, 4.69) is 10.3 Å². The van der Waals surface area contributed by atoms with Gasteiger partial charge in [0.15, 0.2) is 0 Å². The quantitative estimate of drug-likeness (QED) is 0.472. The molecule has 1 atom stereocenters. The van der Waals surface area contributed by atoms with Crippen LogP contribution >= 0.6 is 11.6 Å². The van der Waals surface area contributed by atoms with Crippen molar-refractivity contribution < 1.29 is 14.0 Å². The number of nitrogens with zero attached hydrogens (tertiary/aromatic N) is 2. The number of carbonyl (C=O) groups excluding carboxylic acids is 2. The van der Waals surface area contributed by atoms with Gasteiger partial charge in [-0.1, -0.05) is 73.3 Å². The van der Waals surface area contributed by atoms with Crippen molar-refractivity contribution in [3.05, 3.63) is 101 Å². The Morgan fingerprint density at radius 3 is 2.41 bits per heavy atom. The molecule has 2 aromatic carbocycles. The van der Waals surface area contributed by atoms with Crippen LogP contribution in [0, 0.1) is 5.82 Å². The van der Waals surface area contributed by atoms with E-state index in [-0.39, 0.29) is 23.8 Å². The Bertz CT molecular complexity index is 1140. The minimum atomic E-state index is -1.19. The fraction of sp³-hybridized carbons (Fsp3) is 0.296. The molecule has 1 heterocycles. The maximum absolute atomic E-state index is 15.1. The molecule has 7 heteroatoms. The SMILES string of the molecule is O=C(NC1CCCCC1)[C@@H](c1ccccc1F)N(Cc1ccccc1Cl)C(=O)c1ccccn1. The molecular formula is C27H27ClFN3O2. The first-order chi connectivity index (χ1) is 16.5. The van der Waals surface area contributed by atoms with Gasteiger partial charge in [-0.3, -0.25) is 14.6 Å². The maximum atomic E-state index is 15.1. The summed E-state index contributed by atoms with van der Waals surface area (Å²) < 4.78 is 15.1. The summed E-state index contributed by atoms with van der Waals surface area (Å²) >= 11 is 6.41. The van der Waals surface area contributed by atoms with Gasteiger partial charge in [0.05, 0.1) is 0 Å². The highest BCUT2D eigenvalue weighted by Gasteiger charge is 2.35. The summed E-state index contributed by atoms with van der Waals surface area (Å²) in [5, 5.41) is 3.54. The molecule has 0 spiro atoms. The van der Waals surface area contributed by atoms with Crippen LogP contribution in [-0.4, -0.2) is 27.7 Å². The first kappa shape index (κ1) is 23.9. The fourth-order valence-corrected chi connectivity index (χ4v) is 4.60. The van der Waals surface area contributed by atoms with Crippen molar-refractivity contribution in [3.8, 4) is 0 Å². The van der Waals surface area contributed by atoms with E-state index >= 15 is 4.39 Å².